The molecule has 1 saturated carbocycles. The number of benzene rings is 1. The summed E-state index contributed by atoms with van der Waals surface area (Å²) in [6.07, 6.45) is -5.09. The highest BCUT2D eigenvalue weighted by atomic mass is 19.4. The zero-order valence-electron chi connectivity index (χ0n) is 21.0. The molecule has 6 nitrogen and oxygen atoms in total. The molecular weight excluding hydrogens is 497 g/mol. The molecule has 0 unspecified atom stereocenters. The Bertz CT molecular complexity index is 1120. The van der Waals surface area contributed by atoms with Gasteiger partial charge in [-0.15, -0.1) is 0 Å². The molecule has 0 aliphatic heterocycles. The molecule has 1 heterocycles. The molecule has 0 radical (unpaired) electrons. The average molecular weight is 528 g/mol. The number of anilines is 1. The third-order valence-electron chi connectivity index (χ3n) is 6.07. The Kier molecular flexibility index (Phi) is 8.14. The van der Waals surface area contributed by atoms with Crippen LogP contribution in [0.25, 0.3) is 11.1 Å². The molecule has 37 heavy (non-hydrogen) atoms. The van der Waals surface area contributed by atoms with E-state index in [9.17, 15) is 31.5 Å². The molecule has 1 aliphatic carbocycles. The summed E-state index contributed by atoms with van der Waals surface area (Å²) in [6, 6.07) is 5.47. The van der Waals surface area contributed by atoms with Gasteiger partial charge in [0.2, 0.25) is 11.8 Å². The number of pyridine rings is 1. The number of aryl methyl sites for hydroxylation is 1. The van der Waals surface area contributed by atoms with E-state index in [1.54, 1.807) is 20.8 Å². The molecule has 2 aromatic rings. The minimum Gasteiger partial charge on any atom is -0.444 e. The fourth-order valence-electron chi connectivity index (χ4n) is 4.34. The smallest absolute Gasteiger partial charge is 0.417 e. The molecular formula is C26H30F5N3O3. The molecule has 0 spiro atoms. The van der Waals surface area contributed by atoms with Gasteiger partial charge >= 0.3 is 12.3 Å². The van der Waals surface area contributed by atoms with Gasteiger partial charge in [0, 0.05) is 36.0 Å². The van der Waals surface area contributed by atoms with Crippen LogP contribution in [-0.2, 0) is 15.7 Å². The van der Waals surface area contributed by atoms with Crippen molar-refractivity contribution in [3.63, 3.8) is 0 Å². The van der Waals surface area contributed by atoms with Crippen molar-refractivity contribution in [2.45, 2.75) is 77.1 Å². The van der Waals surface area contributed by atoms with E-state index in [1.165, 1.54) is 31.2 Å². The molecule has 11 heteroatoms. The summed E-state index contributed by atoms with van der Waals surface area (Å²) in [7, 11) is 0. The van der Waals surface area contributed by atoms with Gasteiger partial charge in [-0.05, 0) is 70.2 Å². The number of nitrogens with zero attached hydrogens (tertiary/aromatic N) is 1. The number of halogens is 5. The highest BCUT2D eigenvalue weighted by Crippen LogP contribution is 2.39. The molecule has 2 amide bonds. The Balaban J connectivity index is 1.81. The quantitative estimate of drug-likeness (QED) is 0.423. The highest BCUT2D eigenvalue weighted by molar-refractivity contribution is 5.97. The number of ether oxygens (including phenoxy) is 1. The maximum atomic E-state index is 13.7. The first kappa shape index (κ1) is 28.3. The molecule has 0 bridgehead atoms. The van der Waals surface area contributed by atoms with Gasteiger partial charge in [0.25, 0.3) is 0 Å². The first-order valence-electron chi connectivity index (χ1n) is 11.9. The minimum atomic E-state index is -4.58. The van der Waals surface area contributed by atoms with Crippen LogP contribution in [0.4, 0.5) is 32.4 Å². The Morgan fingerprint density at radius 2 is 1.65 bits per heavy atom. The van der Waals surface area contributed by atoms with Crippen molar-refractivity contribution in [2.24, 2.45) is 5.92 Å². The number of amides is 2. The topological polar surface area (TPSA) is 80.3 Å². The van der Waals surface area contributed by atoms with E-state index >= 15 is 0 Å². The number of rotatable bonds is 5. The number of aromatic nitrogens is 1. The Morgan fingerprint density at radius 3 is 2.19 bits per heavy atom. The summed E-state index contributed by atoms with van der Waals surface area (Å²) in [5, 5.41) is 5.14. The SMILES string of the molecule is Cc1nccc(C(F)(F)F)c1-c1ccc(NC(=O)[C@@H](NC(=O)OC(C)(C)C)C2CCC(F)(F)CC2)cc1. The van der Waals surface area contributed by atoms with Crippen molar-refractivity contribution in [1.82, 2.24) is 10.3 Å². The Hall–Kier alpha value is -3.24. The molecule has 1 aromatic carbocycles. The van der Waals surface area contributed by atoms with Gasteiger partial charge in [-0.2, -0.15) is 13.2 Å². The fourth-order valence-corrected chi connectivity index (χ4v) is 4.34. The first-order chi connectivity index (χ1) is 17.1. The molecule has 2 N–H and O–H groups in total. The van der Waals surface area contributed by atoms with E-state index in [4.69, 9.17) is 4.74 Å². The molecule has 1 atom stereocenters. The van der Waals surface area contributed by atoms with Gasteiger partial charge in [-0.25, -0.2) is 13.6 Å². The van der Waals surface area contributed by atoms with Crippen LogP contribution >= 0.6 is 0 Å². The van der Waals surface area contributed by atoms with E-state index in [1.807, 2.05) is 0 Å². The van der Waals surface area contributed by atoms with E-state index in [0.29, 0.717) is 0 Å². The summed E-state index contributed by atoms with van der Waals surface area (Å²) in [5.74, 6) is -4.00. The van der Waals surface area contributed by atoms with Crippen LogP contribution in [-0.4, -0.2) is 34.5 Å². The second kappa shape index (κ2) is 10.6. The number of alkyl halides is 5. The maximum Gasteiger partial charge on any atom is 0.417 e. The normalized spacial score (nSPS) is 17.1. The summed E-state index contributed by atoms with van der Waals surface area (Å²) in [6.45, 7) is 6.43. The van der Waals surface area contributed by atoms with E-state index in [0.717, 1.165) is 12.3 Å². The Labute approximate surface area is 212 Å². The van der Waals surface area contributed by atoms with Crippen molar-refractivity contribution in [3.8, 4) is 11.1 Å². The van der Waals surface area contributed by atoms with Crippen molar-refractivity contribution in [2.75, 3.05) is 5.32 Å². The Morgan fingerprint density at radius 1 is 1.05 bits per heavy atom. The molecule has 3 rings (SSSR count). The van der Waals surface area contributed by atoms with Crippen LogP contribution in [0.2, 0.25) is 0 Å². The molecule has 0 saturated heterocycles. The second-order valence-corrected chi connectivity index (χ2v) is 10.2. The lowest BCUT2D eigenvalue weighted by atomic mass is 9.81. The predicted octanol–water partition coefficient (Wildman–Crippen LogP) is 6.73. The molecule has 1 aliphatic rings. The summed E-state index contributed by atoms with van der Waals surface area (Å²) in [5.41, 5.74) is -1.01. The lowest BCUT2D eigenvalue weighted by Crippen LogP contribution is -2.51. The van der Waals surface area contributed by atoms with E-state index < -0.39 is 60.1 Å². The number of hydrogen-bond acceptors (Lipinski definition) is 4. The predicted molar refractivity (Wildman–Crippen MR) is 128 cm³/mol. The number of alkyl carbamates (subject to hydrolysis) is 1. The van der Waals surface area contributed by atoms with Gasteiger partial charge in [-0.3, -0.25) is 9.78 Å². The van der Waals surface area contributed by atoms with Crippen LogP contribution < -0.4 is 10.6 Å². The van der Waals surface area contributed by atoms with Crippen LogP contribution in [0.3, 0.4) is 0 Å². The summed E-state index contributed by atoms with van der Waals surface area (Å²) >= 11 is 0. The van der Waals surface area contributed by atoms with E-state index in [-0.39, 0.29) is 35.3 Å². The van der Waals surface area contributed by atoms with Crippen molar-refractivity contribution in [3.05, 3.63) is 47.8 Å². The second-order valence-electron chi connectivity index (χ2n) is 10.2. The number of carbonyl (C=O) groups excluding carboxylic acids is 2. The molecule has 1 fully saturated rings. The number of carbonyl (C=O) groups is 2. The van der Waals surface area contributed by atoms with Gasteiger partial charge < -0.3 is 15.4 Å². The van der Waals surface area contributed by atoms with Gasteiger partial charge in [-0.1, -0.05) is 12.1 Å². The summed E-state index contributed by atoms with van der Waals surface area (Å²) < 4.78 is 73.2. The van der Waals surface area contributed by atoms with Gasteiger partial charge in [0.15, 0.2) is 0 Å². The molecule has 1 aromatic heterocycles. The van der Waals surface area contributed by atoms with Crippen LogP contribution in [0.1, 0.15) is 57.7 Å². The van der Waals surface area contributed by atoms with Crippen LogP contribution in [0.5, 0.6) is 0 Å². The highest BCUT2D eigenvalue weighted by Gasteiger charge is 2.41. The van der Waals surface area contributed by atoms with Gasteiger partial charge in [0.05, 0.1) is 5.56 Å². The van der Waals surface area contributed by atoms with Crippen molar-refractivity contribution in [1.29, 1.82) is 0 Å². The number of nitrogens with one attached hydrogen (secondary N) is 2. The largest absolute Gasteiger partial charge is 0.444 e. The standard InChI is InChI=1S/C26H30F5N3O3/c1-15-20(19(11-14-32-15)26(29,30)31)16-5-7-18(8-6-16)33-22(35)21(34-23(36)37-24(2,3)4)17-9-12-25(27,28)13-10-17/h5-8,11,14,17,21H,9-10,12-13H2,1-4H3,(H,33,35)(H,34,36)/t21-/m0/s1. The zero-order valence-corrected chi connectivity index (χ0v) is 21.0. The lowest BCUT2D eigenvalue weighted by molar-refractivity contribution is -0.137. The average Bonchev–Trinajstić information content (AvgIpc) is 2.76. The zero-order chi connectivity index (χ0) is 27.6. The first-order valence-corrected chi connectivity index (χ1v) is 11.9. The molecule has 202 valence electrons. The third kappa shape index (κ3) is 7.62. The monoisotopic (exact) mass is 527 g/mol. The summed E-state index contributed by atoms with van der Waals surface area (Å²) in [4.78, 5) is 29.5. The lowest BCUT2D eigenvalue weighted by Gasteiger charge is -2.33. The fraction of sp³-hybridized carbons (Fsp3) is 0.500. The van der Waals surface area contributed by atoms with Crippen molar-refractivity contribution < 1.29 is 36.3 Å². The van der Waals surface area contributed by atoms with Crippen LogP contribution in [0.15, 0.2) is 36.5 Å². The number of hydrogen-bond donors (Lipinski definition) is 2. The third-order valence-corrected chi connectivity index (χ3v) is 6.07. The minimum absolute atomic E-state index is 0.0281. The van der Waals surface area contributed by atoms with Crippen LogP contribution in [0, 0.1) is 12.8 Å². The van der Waals surface area contributed by atoms with Crippen molar-refractivity contribution >= 4 is 17.7 Å². The van der Waals surface area contributed by atoms with Gasteiger partial charge in [0.1, 0.15) is 11.6 Å². The van der Waals surface area contributed by atoms with E-state index in [2.05, 4.69) is 15.6 Å². The maximum absolute atomic E-state index is 13.7.